The number of aromatic nitrogens is 2. The van der Waals surface area contributed by atoms with Crippen LogP contribution in [0.2, 0.25) is 0 Å². The van der Waals surface area contributed by atoms with Crippen LogP contribution in [0.4, 0.5) is 17.6 Å². The van der Waals surface area contributed by atoms with Gasteiger partial charge in [-0.1, -0.05) is 17.3 Å². The summed E-state index contributed by atoms with van der Waals surface area (Å²) in [6.07, 6.45) is -5.65. The third kappa shape index (κ3) is 7.72. The van der Waals surface area contributed by atoms with E-state index in [0.29, 0.717) is 17.4 Å². The van der Waals surface area contributed by atoms with Crippen molar-refractivity contribution in [2.45, 2.75) is 31.1 Å². The summed E-state index contributed by atoms with van der Waals surface area (Å²) < 4.78 is 89.6. The number of methoxy groups -OCH3 is 2. The molecule has 0 unspecified atom stereocenters. The van der Waals surface area contributed by atoms with Crippen LogP contribution in [0.25, 0.3) is 11.3 Å². The first-order valence-corrected chi connectivity index (χ1v) is 12.9. The Bertz CT molecular complexity index is 1480. The van der Waals surface area contributed by atoms with Crippen LogP contribution >= 0.6 is 0 Å². The molecule has 0 amide bonds. The maximum absolute atomic E-state index is 13.5. The van der Waals surface area contributed by atoms with Crippen LogP contribution in [-0.4, -0.2) is 50.0 Å². The van der Waals surface area contributed by atoms with Crippen LogP contribution in [0.1, 0.15) is 31.0 Å². The zero-order valence-electron chi connectivity index (χ0n) is 21.0. The number of carbonyl (C=O) groups is 1. The fourth-order valence-corrected chi connectivity index (χ4v) is 4.44. The Morgan fingerprint density at radius 3 is 2.26 bits per heavy atom. The second-order valence-electron chi connectivity index (χ2n) is 8.06. The van der Waals surface area contributed by atoms with Crippen molar-refractivity contribution < 1.29 is 45.1 Å². The summed E-state index contributed by atoms with van der Waals surface area (Å²) >= 11 is 0. The molecule has 0 aliphatic rings. The number of sulfone groups is 1. The predicted octanol–water partition coefficient (Wildman–Crippen LogP) is 4.84. The number of nitrogens with zero attached hydrogens (tertiary/aromatic N) is 3. The molecular formula is C25H23F4N3O6S. The second-order valence-corrected chi connectivity index (χ2v) is 10.1. The lowest BCUT2D eigenvalue weighted by molar-refractivity contribution is -0.143. The van der Waals surface area contributed by atoms with Gasteiger partial charge in [0.25, 0.3) is 0 Å². The van der Waals surface area contributed by atoms with Gasteiger partial charge in [-0.3, -0.25) is 0 Å². The lowest BCUT2D eigenvalue weighted by Gasteiger charge is -2.13. The Morgan fingerprint density at radius 2 is 1.64 bits per heavy atom. The van der Waals surface area contributed by atoms with Crippen LogP contribution in [-0.2, 0) is 25.6 Å². The first-order chi connectivity index (χ1) is 18.3. The molecular weight excluding hydrogens is 546 g/mol. The van der Waals surface area contributed by atoms with Crippen molar-refractivity contribution in [3.63, 3.8) is 0 Å². The highest BCUT2D eigenvalue weighted by molar-refractivity contribution is 7.91. The van der Waals surface area contributed by atoms with Crippen LogP contribution < -0.4 is 9.47 Å². The number of carbonyl (C=O) groups excluding carboxylic acids is 1. The van der Waals surface area contributed by atoms with Gasteiger partial charge in [-0.15, -0.1) is 0 Å². The zero-order chi connectivity index (χ0) is 28.8. The van der Waals surface area contributed by atoms with Gasteiger partial charge >= 0.3 is 12.1 Å². The van der Waals surface area contributed by atoms with E-state index >= 15 is 0 Å². The number of ether oxygens (including phenoxy) is 2. The van der Waals surface area contributed by atoms with E-state index in [-0.39, 0.29) is 29.1 Å². The fourth-order valence-electron chi connectivity index (χ4n) is 3.26. The number of oxime groups is 1. The number of halogens is 4. The molecule has 0 radical (unpaired) electrons. The highest BCUT2D eigenvalue weighted by atomic mass is 32.2. The van der Waals surface area contributed by atoms with Crippen molar-refractivity contribution in [3.05, 3.63) is 65.6 Å². The molecule has 2 aromatic carbocycles. The summed E-state index contributed by atoms with van der Waals surface area (Å²) in [4.78, 5) is 23.8. The van der Waals surface area contributed by atoms with E-state index in [1.165, 1.54) is 63.6 Å². The molecule has 1 heterocycles. The number of hydrogen-bond acceptors (Lipinski definition) is 9. The van der Waals surface area contributed by atoms with Gasteiger partial charge in [0.05, 0.1) is 31.4 Å². The largest absolute Gasteiger partial charge is 0.493 e. The molecule has 0 atom stereocenters. The zero-order valence-corrected chi connectivity index (χ0v) is 21.8. The van der Waals surface area contributed by atoms with Crippen molar-refractivity contribution in [1.82, 2.24) is 9.97 Å². The summed E-state index contributed by atoms with van der Waals surface area (Å²) in [7, 11) is -1.72. The minimum Gasteiger partial charge on any atom is -0.493 e. The van der Waals surface area contributed by atoms with E-state index in [9.17, 15) is 30.8 Å². The highest BCUT2D eigenvalue weighted by Gasteiger charge is 2.35. The van der Waals surface area contributed by atoms with Crippen molar-refractivity contribution in [1.29, 1.82) is 0 Å². The summed E-state index contributed by atoms with van der Waals surface area (Å²) in [5, 5.41) is 2.59. The SMILES string of the molecule is COc1ccc(-c2cc(C(F)(F)F)nc(S(=O)(=O)CCCC(=O)ON=C(C)c3ccc(F)cc3)n2)cc1OC. The molecule has 39 heavy (non-hydrogen) atoms. The van der Waals surface area contributed by atoms with Crippen molar-refractivity contribution in [2.24, 2.45) is 5.16 Å². The van der Waals surface area contributed by atoms with Gasteiger partial charge in [0.15, 0.2) is 11.5 Å². The Kier molecular flexibility index (Phi) is 9.22. The van der Waals surface area contributed by atoms with Crippen LogP contribution in [0, 0.1) is 5.82 Å². The molecule has 0 aliphatic heterocycles. The van der Waals surface area contributed by atoms with Gasteiger partial charge in [0, 0.05) is 12.0 Å². The lowest BCUT2D eigenvalue weighted by Crippen LogP contribution is -2.17. The molecule has 3 rings (SSSR count). The topological polar surface area (TPSA) is 117 Å². The van der Waals surface area contributed by atoms with Gasteiger partial charge in [-0.2, -0.15) is 13.2 Å². The Balaban J connectivity index is 1.76. The molecule has 14 heteroatoms. The fraction of sp³-hybridized carbons (Fsp3) is 0.280. The standard InChI is InChI=1S/C25H23F4N3O6S/c1-15(16-6-9-18(26)10-7-16)32-38-23(33)5-4-12-39(34,35)24-30-19(14-22(31-24)25(27,28)29)17-8-11-20(36-2)21(13-17)37-3/h6-11,13-14H,4-5,12H2,1-3H3. The predicted molar refractivity (Wildman–Crippen MR) is 132 cm³/mol. The van der Waals surface area contributed by atoms with Crippen LogP contribution in [0.5, 0.6) is 11.5 Å². The molecule has 0 saturated carbocycles. The molecule has 208 valence electrons. The Morgan fingerprint density at radius 1 is 0.974 bits per heavy atom. The number of rotatable bonds is 10. The summed E-state index contributed by atoms with van der Waals surface area (Å²) in [6.45, 7) is 1.52. The van der Waals surface area contributed by atoms with Gasteiger partial charge in [-0.05, 0) is 55.3 Å². The minimum absolute atomic E-state index is 0.134. The van der Waals surface area contributed by atoms with E-state index in [1.807, 2.05) is 0 Å². The minimum atomic E-state index is -4.96. The molecule has 9 nitrogen and oxygen atoms in total. The monoisotopic (exact) mass is 569 g/mol. The lowest BCUT2D eigenvalue weighted by atomic mass is 10.1. The molecule has 0 bridgehead atoms. The number of hydrogen-bond donors (Lipinski definition) is 0. The quantitative estimate of drug-likeness (QED) is 0.112. The Labute approximate surface area is 221 Å². The second kappa shape index (κ2) is 12.2. The number of benzene rings is 2. The van der Waals surface area contributed by atoms with Crippen molar-refractivity contribution in [2.75, 3.05) is 20.0 Å². The summed E-state index contributed by atoms with van der Waals surface area (Å²) in [5.41, 5.74) is -0.850. The molecule has 0 fully saturated rings. The van der Waals surface area contributed by atoms with Crippen LogP contribution in [0.15, 0.2) is 58.8 Å². The first-order valence-electron chi connectivity index (χ1n) is 11.3. The first kappa shape index (κ1) is 29.5. The normalized spacial score (nSPS) is 12.2. The van der Waals surface area contributed by atoms with E-state index in [1.54, 1.807) is 0 Å². The van der Waals surface area contributed by atoms with Gasteiger partial charge in [0.1, 0.15) is 11.5 Å². The van der Waals surface area contributed by atoms with Gasteiger partial charge in [0.2, 0.25) is 15.0 Å². The summed E-state index contributed by atoms with van der Waals surface area (Å²) in [5.74, 6) is -1.55. The number of alkyl halides is 3. The summed E-state index contributed by atoms with van der Waals surface area (Å²) in [6, 6.07) is 10.1. The van der Waals surface area contributed by atoms with Crippen molar-refractivity contribution in [3.8, 4) is 22.8 Å². The van der Waals surface area contributed by atoms with Gasteiger partial charge < -0.3 is 14.3 Å². The molecule has 0 N–H and O–H groups in total. The van der Waals surface area contributed by atoms with E-state index in [4.69, 9.17) is 14.3 Å². The molecule has 0 spiro atoms. The third-order valence-corrected chi connectivity index (χ3v) is 6.86. The average molecular weight is 570 g/mol. The maximum atomic E-state index is 13.5. The van der Waals surface area contributed by atoms with Gasteiger partial charge in [-0.25, -0.2) is 27.6 Å². The molecule has 0 saturated heterocycles. The third-order valence-electron chi connectivity index (χ3n) is 5.29. The highest BCUT2D eigenvalue weighted by Crippen LogP contribution is 2.35. The smallest absolute Gasteiger partial charge is 0.433 e. The van der Waals surface area contributed by atoms with Crippen LogP contribution in [0.3, 0.4) is 0 Å². The molecule has 3 aromatic rings. The molecule has 0 aliphatic carbocycles. The molecule has 1 aromatic heterocycles. The Hall–Kier alpha value is -4.07. The van der Waals surface area contributed by atoms with E-state index in [0.717, 1.165) is 0 Å². The van der Waals surface area contributed by atoms with E-state index in [2.05, 4.69) is 15.1 Å². The average Bonchev–Trinajstić information content (AvgIpc) is 2.90. The van der Waals surface area contributed by atoms with Crippen molar-refractivity contribution >= 4 is 21.5 Å². The van der Waals surface area contributed by atoms with E-state index < -0.39 is 50.8 Å². The maximum Gasteiger partial charge on any atom is 0.433 e.